The highest BCUT2D eigenvalue weighted by Crippen LogP contribution is 2.11. The summed E-state index contributed by atoms with van der Waals surface area (Å²) in [4.78, 5) is 21.4. The Hall–Kier alpha value is -1.72. The van der Waals surface area contributed by atoms with Crippen LogP contribution in [0.3, 0.4) is 0 Å². The first kappa shape index (κ1) is 9.37. The lowest BCUT2D eigenvalue weighted by Crippen LogP contribution is -2.11. The number of H-pyrrole nitrogens is 1. The number of nitrogens with zero attached hydrogens (tertiary/aromatic N) is 1. The van der Waals surface area contributed by atoms with E-state index in [1.165, 1.54) is 4.68 Å². The van der Waals surface area contributed by atoms with Crippen LogP contribution in [0.1, 0.15) is 12.5 Å². The summed E-state index contributed by atoms with van der Waals surface area (Å²) < 4.78 is 1.20. The molecule has 72 valence electrons. The molecular weight excluding hydrogens is 176 g/mol. The van der Waals surface area contributed by atoms with E-state index in [2.05, 4.69) is 5.10 Å². The van der Waals surface area contributed by atoms with Crippen molar-refractivity contribution in [3.63, 3.8) is 0 Å². The molecule has 0 spiro atoms. The first-order valence-corrected chi connectivity index (χ1v) is 3.78. The number of hydrogen-bond acceptors (Lipinski definition) is 3. The minimum absolute atomic E-state index is 0.102. The Morgan fingerprint density at radius 3 is 2.62 bits per heavy atom. The van der Waals surface area contributed by atoms with Gasteiger partial charge >= 0.3 is 5.97 Å². The highest BCUT2D eigenvalue weighted by molar-refractivity contribution is 5.70. The quantitative estimate of drug-likeness (QED) is 0.594. The van der Waals surface area contributed by atoms with E-state index < -0.39 is 17.9 Å². The van der Waals surface area contributed by atoms with Gasteiger partial charge in [-0.25, -0.2) is 0 Å². The van der Waals surface area contributed by atoms with Gasteiger partial charge in [0.25, 0.3) is 5.56 Å². The summed E-state index contributed by atoms with van der Waals surface area (Å²) in [5, 5.41) is 20.1. The van der Waals surface area contributed by atoms with Crippen LogP contribution in [-0.4, -0.2) is 26.0 Å². The van der Waals surface area contributed by atoms with Gasteiger partial charge in [0.2, 0.25) is 5.88 Å². The molecule has 0 fully saturated rings. The predicted molar refractivity (Wildman–Crippen MR) is 43.7 cm³/mol. The second kappa shape index (κ2) is 3.34. The maximum absolute atomic E-state index is 11.1. The first-order valence-electron chi connectivity index (χ1n) is 3.78. The van der Waals surface area contributed by atoms with Crippen LogP contribution in [0.2, 0.25) is 0 Å². The molecular formula is C7H10N2O4. The third-order valence-corrected chi connectivity index (χ3v) is 1.68. The number of carboxylic acids is 1. The molecule has 1 rings (SSSR count). The summed E-state index contributed by atoms with van der Waals surface area (Å²) >= 11 is 0. The van der Waals surface area contributed by atoms with Gasteiger partial charge in [-0.15, -0.1) is 0 Å². The number of carbonyl (C=O) groups is 1. The average molecular weight is 186 g/mol. The molecule has 0 amide bonds. The van der Waals surface area contributed by atoms with E-state index in [1.54, 1.807) is 6.92 Å². The van der Waals surface area contributed by atoms with Crippen LogP contribution in [0, 0.1) is 0 Å². The lowest BCUT2D eigenvalue weighted by Gasteiger charge is -1.97. The standard InChI is InChI=1S/C7H10N2O4/c1-2-9-7(13)4(3-5(10)11)6(12)8-9/h13H,2-3H2,1H3,(H,8,12)(H,10,11). The fourth-order valence-corrected chi connectivity index (χ4v) is 1.05. The molecule has 0 aromatic carbocycles. The van der Waals surface area contributed by atoms with E-state index in [4.69, 9.17) is 5.11 Å². The van der Waals surface area contributed by atoms with Gasteiger partial charge in [0.05, 0.1) is 12.0 Å². The zero-order valence-corrected chi connectivity index (χ0v) is 7.07. The van der Waals surface area contributed by atoms with E-state index in [0.717, 1.165) is 0 Å². The highest BCUT2D eigenvalue weighted by Gasteiger charge is 2.15. The number of hydrogen-bond donors (Lipinski definition) is 3. The highest BCUT2D eigenvalue weighted by atomic mass is 16.4. The zero-order valence-electron chi connectivity index (χ0n) is 7.07. The molecule has 1 aromatic heterocycles. The van der Waals surface area contributed by atoms with E-state index in [1.807, 2.05) is 0 Å². The van der Waals surface area contributed by atoms with Gasteiger partial charge < -0.3 is 10.2 Å². The van der Waals surface area contributed by atoms with Gasteiger partial charge in [-0.05, 0) is 6.92 Å². The topological polar surface area (TPSA) is 95.3 Å². The van der Waals surface area contributed by atoms with Crippen molar-refractivity contribution in [3.8, 4) is 5.88 Å². The third kappa shape index (κ3) is 1.71. The van der Waals surface area contributed by atoms with Gasteiger partial charge in [0, 0.05) is 6.54 Å². The molecule has 0 radical (unpaired) electrons. The Balaban J connectivity index is 3.13. The molecule has 1 heterocycles. The summed E-state index contributed by atoms with van der Waals surface area (Å²) in [6, 6.07) is 0. The molecule has 0 unspecified atom stereocenters. The molecule has 0 aliphatic rings. The smallest absolute Gasteiger partial charge is 0.308 e. The summed E-state index contributed by atoms with van der Waals surface area (Å²) in [7, 11) is 0. The Kier molecular flexibility index (Phi) is 2.41. The minimum atomic E-state index is -1.14. The van der Waals surface area contributed by atoms with Crippen LogP contribution in [-0.2, 0) is 17.8 Å². The maximum Gasteiger partial charge on any atom is 0.308 e. The second-order valence-corrected chi connectivity index (χ2v) is 2.56. The Morgan fingerprint density at radius 1 is 1.62 bits per heavy atom. The van der Waals surface area contributed by atoms with Crippen molar-refractivity contribution in [1.82, 2.24) is 9.78 Å². The van der Waals surface area contributed by atoms with Gasteiger partial charge in [-0.3, -0.25) is 19.4 Å². The zero-order chi connectivity index (χ0) is 10.0. The molecule has 0 aliphatic carbocycles. The molecule has 6 heteroatoms. The van der Waals surface area contributed by atoms with Crippen molar-refractivity contribution >= 4 is 5.97 Å². The molecule has 1 aromatic rings. The van der Waals surface area contributed by atoms with Gasteiger partial charge in [-0.2, -0.15) is 0 Å². The normalized spacial score (nSPS) is 10.2. The van der Waals surface area contributed by atoms with Crippen LogP contribution in [0.4, 0.5) is 0 Å². The predicted octanol–water partition coefficient (Wildman–Crippen LogP) is -0.471. The van der Waals surface area contributed by atoms with Crippen molar-refractivity contribution in [3.05, 3.63) is 15.9 Å². The average Bonchev–Trinajstić information content (AvgIpc) is 2.31. The van der Waals surface area contributed by atoms with Crippen molar-refractivity contribution in [2.24, 2.45) is 0 Å². The Bertz CT molecular complexity index is 376. The second-order valence-electron chi connectivity index (χ2n) is 2.56. The molecule has 3 N–H and O–H groups in total. The van der Waals surface area contributed by atoms with E-state index in [9.17, 15) is 14.7 Å². The molecule has 13 heavy (non-hydrogen) atoms. The number of carboxylic acid groups (broad SMARTS) is 1. The number of aromatic amines is 1. The summed E-state index contributed by atoms with van der Waals surface area (Å²) in [6.07, 6.45) is -0.464. The van der Waals surface area contributed by atoms with E-state index in [-0.39, 0.29) is 11.4 Å². The molecule has 0 saturated heterocycles. The fraction of sp³-hybridized carbons (Fsp3) is 0.429. The summed E-state index contributed by atoms with van der Waals surface area (Å²) in [5.74, 6) is -1.44. The van der Waals surface area contributed by atoms with E-state index in [0.29, 0.717) is 6.54 Å². The van der Waals surface area contributed by atoms with Gasteiger partial charge in [0.1, 0.15) is 0 Å². The lowest BCUT2D eigenvalue weighted by molar-refractivity contribution is -0.136. The van der Waals surface area contributed by atoms with Crippen molar-refractivity contribution in [2.45, 2.75) is 19.9 Å². The summed E-state index contributed by atoms with van der Waals surface area (Å²) in [6.45, 7) is 2.11. The largest absolute Gasteiger partial charge is 0.493 e. The van der Waals surface area contributed by atoms with E-state index >= 15 is 0 Å². The molecule has 0 aliphatic heterocycles. The lowest BCUT2D eigenvalue weighted by atomic mass is 10.2. The molecule has 0 bridgehead atoms. The van der Waals surface area contributed by atoms with Crippen LogP contribution in [0.25, 0.3) is 0 Å². The number of aryl methyl sites for hydroxylation is 1. The van der Waals surface area contributed by atoms with Crippen LogP contribution < -0.4 is 5.56 Å². The maximum atomic E-state index is 11.1. The number of aliphatic carboxylic acids is 1. The molecule has 0 atom stereocenters. The van der Waals surface area contributed by atoms with Crippen molar-refractivity contribution in [2.75, 3.05) is 0 Å². The molecule has 6 nitrogen and oxygen atoms in total. The number of aromatic hydroxyl groups is 1. The van der Waals surface area contributed by atoms with Crippen molar-refractivity contribution < 1.29 is 15.0 Å². The van der Waals surface area contributed by atoms with Gasteiger partial charge in [0.15, 0.2) is 0 Å². The summed E-state index contributed by atoms with van der Waals surface area (Å²) in [5.41, 5.74) is -0.656. The SMILES string of the molecule is CCn1[nH]c(=O)c(CC(=O)O)c1O. The monoisotopic (exact) mass is 186 g/mol. The number of rotatable bonds is 3. The van der Waals surface area contributed by atoms with Gasteiger partial charge in [-0.1, -0.05) is 0 Å². The number of nitrogens with one attached hydrogen (secondary N) is 1. The number of aromatic nitrogens is 2. The Labute approximate surface area is 73.4 Å². The van der Waals surface area contributed by atoms with Crippen LogP contribution in [0.5, 0.6) is 5.88 Å². The van der Waals surface area contributed by atoms with Crippen molar-refractivity contribution in [1.29, 1.82) is 0 Å². The molecule has 0 saturated carbocycles. The fourth-order valence-electron chi connectivity index (χ4n) is 1.05. The van der Waals surface area contributed by atoms with Crippen LogP contribution >= 0.6 is 0 Å². The minimum Gasteiger partial charge on any atom is -0.493 e. The first-order chi connectivity index (χ1) is 6.06. The van der Waals surface area contributed by atoms with Crippen LogP contribution in [0.15, 0.2) is 4.79 Å². The third-order valence-electron chi connectivity index (χ3n) is 1.68. The Morgan fingerprint density at radius 2 is 2.23 bits per heavy atom.